The van der Waals surface area contributed by atoms with Crippen LogP contribution in [0.3, 0.4) is 0 Å². The predicted molar refractivity (Wildman–Crippen MR) is 109 cm³/mol. The maximum Gasteiger partial charge on any atom is 0.271 e. The van der Waals surface area contributed by atoms with Crippen molar-refractivity contribution in [3.63, 3.8) is 0 Å². The Bertz CT molecular complexity index is 940. The number of rotatable bonds is 5. The van der Waals surface area contributed by atoms with Crippen LogP contribution in [0.1, 0.15) is 49.5 Å². The van der Waals surface area contributed by atoms with Crippen molar-refractivity contribution in [2.75, 3.05) is 13.7 Å². The van der Waals surface area contributed by atoms with Crippen LogP contribution in [0, 0.1) is 0 Å². The Balaban J connectivity index is 1.66. The Labute approximate surface area is 163 Å². The number of nitrogens with zero attached hydrogens (tertiary/aromatic N) is 3. The predicted octanol–water partition coefficient (Wildman–Crippen LogP) is 4.87. The third kappa shape index (κ3) is 3.46. The van der Waals surface area contributed by atoms with Gasteiger partial charge in [-0.1, -0.05) is 31.4 Å². The molecule has 0 atom stereocenters. The van der Waals surface area contributed by atoms with E-state index in [1.54, 1.807) is 7.11 Å². The lowest BCUT2D eigenvalue weighted by molar-refractivity contribution is 0.0641. The molecular weight excluding hydrogens is 358 g/mol. The quantitative estimate of drug-likeness (QED) is 0.632. The van der Waals surface area contributed by atoms with Gasteiger partial charge in [0.2, 0.25) is 0 Å². The summed E-state index contributed by atoms with van der Waals surface area (Å²) in [7, 11) is 1.66. The Hall–Kier alpha value is -2.34. The summed E-state index contributed by atoms with van der Waals surface area (Å²) in [6.07, 6.45) is 7.92. The Morgan fingerprint density at radius 3 is 2.89 bits per heavy atom. The molecule has 0 radical (unpaired) electrons. The summed E-state index contributed by atoms with van der Waals surface area (Å²) < 4.78 is 7.25. The number of methoxy groups -OCH3 is 1. The van der Waals surface area contributed by atoms with Crippen molar-refractivity contribution in [2.24, 2.45) is 0 Å². The van der Waals surface area contributed by atoms with Gasteiger partial charge in [-0.15, -0.1) is 11.3 Å². The second kappa shape index (κ2) is 7.72. The molecule has 0 spiro atoms. The maximum atomic E-state index is 13.3. The smallest absolute Gasteiger partial charge is 0.271 e. The summed E-state index contributed by atoms with van der Waals surface area (Å²) in [5.41, 5.74) is 2.56. The van der Waals surface area contributed by atoms with Crippen LogP contribution in [-0.2, 0) is 0 Å². The standard InChI is InChI=1S/C21H25N3O2S/c1-3-23(16-9-5-4-6-10-16)20(25)19-14-27-21-22-18(13-24(19)21)15-8-7-11-17(12-15)26-2/h7-8,11-14,16H,3-6,9-10H2,1-2H3. The fourth-order valence-corrected chi connectivity index (χ4v) is 4.81. The van der Waals surface area contributed by atoms with E-state index in [0.29, 0.717) is 11.7 Å². The Morgan fingerprint density at radius 1 is 1.33 bits per heavy atom. The van der Waals surface area contributed by atoms with Crippen LogP contribution in [0.4, 0.5) is 0 Å². The molecule has 0 N–H and O–H groups in total. The van der Waals surface area contributed by atoms with Gasteiger partial charge in [0.05, 0.1) is 12.8 Å². The fourth-order valence-electron chi connectivity index (χ4n) is 3.97. The van der Waals surface area contributed by atoms with Crippen LogP contribution in [0.2, 0.25) is 0 Å². The number of hydrogen-bond donors (Lipinski definition) is 0. The molecule has 4 rings (SSSR count). The van der Waals surface area contributed by atoms with Gasteiger partial charge in [0.1, 0.15) is 11.4 Å². The molecule has 0 bridgehead atoms. The zero-order valence-corrected chi connectivity index (χ0v) is 16.7. The van der Waals surface area contributed by atoms with Gasteiger partial charge < -0.3 is 9.64 Å². The number of fused-ring (bicyclic) bond motifs is 1. The van der Waals surface area contributed by atoms with Crippen LogP contribution in [-0.4, -0.2) is 39.9 Å². The van der Waals surface area contributed by atoms with Crippen LogP contribution in [0.15, 0.2) is 35.8 Å². The first-order valence-corrected chi connectivity index (χ1v) is 10.5. The van der Waals surface area contributed by atoms with Crippen molar-refractivity contribution in [1.82, 2.24) is 14.3 Å². The number of ether oxygens (including phenoxy) is 1. The normalized spacial score (nSPS) is 15.2. The van der Waals surface area contributed by atoms with E-state index < -0.39 is 0 Å². The molecule has 2 heterocycles. The van der Waals surface area contributed by atoms with E-state index in [-0.39, 0.29) is 5.91 Å². The number of benzene rings is 1. The average Bonchev–Trinajstić information content (AvgIpc) is 3.30. The van der Waals surface area contributed by atoms with E-state index in [0.717, 1.165) is 41.4 Å². The highest BCUT2D eigenvalue weighted by atomic mass is 32.1. The monoisotopic (exact) mass is 383 g/mol. The SMILES string of the molecule is CCN(C(=O)c1csc2nc(-c3cccc(OC)c3)cn12)C1CCCCC1. The lowest BCUT2D eigenvalue weighted by atomic mass is 9.94. The molecule has 1 aromatic carbocycles. The summed E-state index contributed by atoms with van der Waals surface area (Å²) in [4.78, 5) is 20.9. The van der Waals surface area contributed by atoms with Gasteiger partial charge >= 0.3 is 0 Å². The summed E-state index contributed by atoms with van der Waals surface area (Å²) in [6, 6.07) is 8.22. The highest BCUT2D eigenvalue weighted by molar-refractivity contribution is 7.15. The highest BCUT2D eigenvalue weighted by Crippen LogP contribution is 2.28. The topological polar surface area (TPSA) is 46.8 Å². The molecule has 142 valence electrons. The number of aromatic nitrogens is 2. The zero-order chi connectivity index (χ0) is 18.8. The highest BCUT2D eigenvalue weighted by Gasteiger charge is 2.27. The molecule has 1 fully saturated rings. The van der Waals surface area contributed by atoms with Gasteiger partial charge in [-0.2, -0.15) is 0 Å². The lowest BCUT2D eigenvalue weighted by Gasteiger charge is -2.33. The van der Waals surface area contributed by atoms with Crippen molar-refractivity contribution in [2.45, 2.75) is 45.1 Å². The summed E-state index contributed by atoms with van der Waals surface area (Å²) in [6.45, 7) is 2.82. The second-order valence-corrected chi connectivity index (χ2v) is 7.85. The molecule has 3 aromatic rings. The minimum absolute atomic E-state index is 0.116. The number of thiazole rings is 1. The first-order chi connectivity index (χ1) is 13.2. The van der Waals surface area contributed by atoms with Crippen molar-refractivity contribution in [3.8, 4) is 17.0 Å². The van der Waals surface area contributed by atoms with Crippen LogP contribution >= 0.6 is 11.3 Å². The average molecular weight is 384 g/mol. The third-order valence-corrected chi connectivity index (χ3v) is 6.25. The fraction of sp³-hybridized carbons (Fsp3) is 0.429. The van der Waals surface area contributed by atoms with Crippen molar-refractivity contribution >= 4 is 22.2 Å². The van der Waals surface area contributed by atoms with E-state index in [2.05, 4.69) is 6.92 Å². The lowest BCUT2D eigenvalue weighted by Crippen LogP contribution is -2.41. The van der Waals surface area contributed by atoms with Gasteiger partial charge in [0.15, 0.2) is 4.96 Å². The minimum Gasteiger partial charge on any atom is -0.497 e. The van der Waals surface area contributed by atoms with Crippen molar-refractivity contribution in [3.05, 3.63) is 41.5 Å². The molecule has 5 nitrogen and oxygen atoms in total. The number of carbonyl (C=O) groups is 1. The van der Waals surface area contributed by atoms with Crippen molar-refractivity contribution in [1.29, 1.82) is 0 Å². The first kappa shape index (κ1) is 18.0. The van der Waals surface area contributed by atoms with Gasteiger partial charge in [-0.3, -0.25) is 9.20 Å². The summed E-state index contributed by atoms with van der Waals surface area (Å²) in [5.74, 6) is 0.917. The van der Waals surface area contributed by atoms with Crippen LogP contribution < -0.4 is 4.74 Å². The van der Waals surface area contributed by atoms with Gasteiger partial charge in [0, 0.05) is 29.7 Å². The van der Waals surface area contributed by atoms with Crippen molar-refractivity contribution < 1.29 is 9.53 Å². The minimum atomic E-state index is 0.116. The molecule has 2 aromatic heterocycles. The molecule has 6 heteroatoms. The summed E-state index contributed by atoms with van der Waals surface area (Å²) in [5, 5.41) is 1.94. The molecule has 1 saturated carbocycles. The van der Waals surface area contributed by atoms with E-state index in [9.17, 15) is 4.79 Å². The van der Waals surface area contributed by atoms with Crippen LogP contribution in [0.25, 0.3) is 16.2 Å². The maximum absolute atomic E-state index is 13.3. The molecule has 1 amide bonds. The number of amides is 1. The van der Waals surface area contributed by atoms with Crippen LogP contribution in [0.5, 0.6) is 5.75 Å². The van der Waals surface area contributed by atoms with Gasteiger partial charge in [0.25, 0.3) is 5.91 Å². The molecular formula is C21H25N3O2S. The van der Waals surface area contributed by atoms with Gasteiger partial charge in [-0.25, -0.2) is 4.98 Å². The van der Waals surface area contributed by atoms with E-state index >= 15 is 0 Å². The number of carbonyl (C=O) groups excluding carboxylic acids is 1. The third-order valence-electron chi connectivity index (χ3n) is 5.41. The second-order valence-electron chi connectivity index (χ2n) is 7.01. The molecule has 27 heavy (non-hydrogen) atoms. The zero-order valence-electron chi connectivity index (χ0n) is 15.9. The number of imidazole rings is 1. The Kier molecular flexibility index (Phi) is 5.16. The van der Waals surface area contributed by atoms with Gasteiger partial charge in [-0.05, 0) is 31.9 Å². The van der Waals surface area contributed by atoms with E-state index in [1.165, 1.54) is 30.6 Å². The summed E-state index contributed by atoms with van der Waals surface area (Å²) >= 11 is 1.52. The van der Waals surface area contributed by atoms with E-state index in [4.69, 9.17) is 9.72 Å². The molecule has 0 aliphatic heterocycles. The molecule has 0 unspecified atom stereocenters. The number of hydrogen-bond acceptors (Lipinski definition) is 4. The van der Waals surface area contributed by atoms with E-state index in [1.807, 2.05) is 45.1 Å². The molecule has 1 aliphatic rings. The molecule has 0 saturated heterocycles. The first-order valence-electron chi connectivity index (χ1n) is 9.63. The molecule has 1 aliphatic carbocycles. The Morgan fingerprint density at radius 2 is 2.15 bits per heavy atom. The largest absolute Gasteiger partial charge is 0.497 e.